The first-order chi connectivity index (χ1) is 13.3. The van der Waals surface area contributed by atoms with Crippen LogP contribution in [-0.4, -0.2) is 40.7 Å². The molecule has 0 aliphatic carbocycles. The summed E-state index contributed by atoms with van der Waals surface area (Å²) in [4.78, 5) is 25.1. The van der Waals surface area contributed by atoms with E-state index in [2.05, 4.69) is 20.3 Å². The molecule has 0 aromatic carbocycles. The van der Waals surface area contributed by atoms with Crippen LogP contribution >= 0.6 is 0 Å². The highest BCUT2D eigenvalue weighted by molar-refractivity contribution is 6.03. The highest BCUT2D eigenvalue weighted by atomic mass is 16.5. The number of ether oxygens (including phenoxy) is 2. The number of aromatic nitrogens is 3. The van der Waals surface area contributed by atoms with Gasteiger partial charge in [0.2, 0.25) is 5.88 Å². The van der Waals surface area contributed by atoms with Crippen LogP contribution < -0.4 is 10.1 Å². The summed E-state index contributed by atoms with van der Waals surface area (Å²) < 4.78 is 11.3. The molecule has 4 heterocycles. The van der Waals surface area contributed by atoms with Gasteiger partial charge in [-0.25, -0.2) is 9.97 Å². The molecule has 3 aromatic rings. The van der Waals surface area contributed by atoms with E-state index in [9.17, 15) is 4.79 Å². The molecule has 3 aromatic heterocycles. The fraction of sp³-hybridized carbons (Fsp3) is 0.300. The Balaban J connectivity index is 1.48. The summed E-state index contributed by atoms with van der Waals surface area (Å²) in [5.74, 6) is 0.719. The third-order valence-corrected chi connectivity index (χ3v) is 4.52. The molecule has 0 saturated carbocycles. The average molecular weight is 364 g/mol. The van der Waals surface area contributed by atoms with Crippen LogP contribution in [-0.2, 0) is 4.74 Å². The van der Waals surface area contributed by atoms with Crippen molar-refractivity contribution < 1.29 is 14.3 Å². The highest BCUT2D eigenvalue weighted by Gasteiger charge is 2.16. The first-order valence-electron chi connectivity index (χ1n) is 8.97. The van der Waals surface area contributed by atoms with E-state index < -0.39 is 0 Å². The minimum absolute atomic E-state index is 0.276. The summed E-state index contributed by atoms with van der Waals surface area (Å²) in [6.07, 6.45) is 6.88. The predicted molar refractivity (Wildman–Crippen MR) is 101 cm³/mol. The molecule has 0 unspecified atom stereocenters. The van der Waals surface area contributed by atoms with Gasteiger partial charge in [0.05, 0.1) is 18.5 Å². The van der Waals surface area contributed by atoms with E-state index >= 15 is 0 Å². The summed E-state index contributed by atoms with van der Waals surface area (Å²) in [5.41, 5.74) is 1.63. The first-order valence-corrected chi connectivity index (χ1v) is 8.97. The lowest BCUT2D eigenvalue weighted by molar-refractivity contribution is 0.0493. The Bertz CT molecular complexity index is 927. The maximum absolute atomic E-state index is 12.2. The van der Waals surface area contributed by atoms with Crippen LogP contribution in [0.1, 0.15) is 23.3 Å². The number of carbonyl (C=O) groups is 1. The molecule has 0 atom stereocenters. The number of rotatable bonds is 5. The molecule has 1 N–H and O–H groups in total. The van der Waals surface area contributed by atoms with Crippen molar-refractivity contribution in [1.29, 1.82) is 0 Å². The number of nitrogens with one attached hydrogen (secondary N) is 1. The summed E-state index contributed by atoms with van der Waals surface area (Å²) >= 11 is 0. The standard InChI is InChI=1S/C20H20N4O3/c25-19(17-3-1-2-7-21-17)24-16-11-15-4-8-22-20(18(15)23-12-16)27-13-14-5-9-26-10-6-14/h1-4,7-8,11-12,14H,5-6,9-10,13H2,(H,24,25). The molecule has 0 spiro atoms. The van der Waals surface area contributed by atoms with Crippen LogP contribution in [0.15, 0.2) is 48.9 Å². The Morgan fingerprint density at radius 3 is 2.85 bits per heavy atom. The molecule has 0 radical (unpaired) electrons. The second-order valence-electron chi connectivity index (χ2n) is 6.45. The van der Waals surface area contributed by atoms with E-state index in [-0.39, 0.29) is 5.91 Å². The summed E-state index contributed by atoms with van der Waals surface area (Å²) in [7, 11) is 0. The third-order valence-electron chi connectivity index (χ3n) is 4.52. The second-order valence-corrected chi connectivity index (χ2v) is 6.45. The lowest BCUT2D eigenvalue weighted by atomic mass is 10.0. The number of amides is 1. The zero-order valence-electron chi connectivity index (χ0n) is 14.8. The molecule has 0 bridgehead atoms. The number of nitrogens with zero attached hydrogens (tertiary/aromatic N) is 3. The molecule has 7 nitrogen and oxygen atoms in total. The lowest BCUT2D eigenvalue weighted by Gasteiger charge is -2.21. The van der Waals surface area contributed by atoms with Crippen molar-refractivity contribution in [2.24, 2.45) is 5.92 Å². The van der Waals surface area contributed by atoms with Crippen molar-refractivity contribution in [2.45, 2.75) is 12.8 Å². The van der Waals surface area contributed by atoms with Gasteiger partial charge < -0.3 is 14.8 Å². The van der Waals surface area contributed by atoms with Gasteiger partial charge in [0, 0.05) is 31.0 Å². The molecule has 1 amide bonds. The normalized spacial score (nSPS) is 14.8. The predicted octanol–water partition coefficient (Wildman–Crippen LogP) is 3.08. The van der Waals surface area contributed by atoms with Gasteiger partial charge in [-0.1, -0.05) is 6.07 Å². The van der Waals surface area contributed by atoms with Gasteiger partial charge in [-0.15, -0.1) is 0 Å². The topological polar surface area (TPSA) is 86.2 Å². The van der Waals surface area contributed by atoms with Crippen LogP contribution in [0.2, 0.25) is 0 Å². The summed E-state index contributed by atoms with van der Waals surface area (Å²) in [6, 6.07) is 8.90. The Labute approximate surface area is 156 Å². The third kappa shape index (κ3) is 4.20. The van der Waals surface area contributed by atoms with E-state index in [1.807, 2.05) is 12.1 Å². The van der Waals surface area contributed by atoms with Crippen LogP contribution in [0, 0.1) is 5.92 Å². The highest BCUT2D eigenvalue weighted by Crippen LogP contribution is 2.25. The Morgan fingerprint density at radius 1 is 1.15 bits per heavy atom. The summed E-state index contributed by atoms with van der Waals surface area (Å²) in [5, 5.41) is 3.67. The average Bonchev–Trinajstić information content (AvgIpc) is 2.73. The van der Waals surface area contributed by atoms with Gasteiger partial charge in [-0.2, -0.15) is 0 Å². The first kappa shape index (κ1) is 17.4. The number of hydrogen-bond donors (Lipinski definition) is 1. The van der Waals surface area contributed by atoms with Gasteiger partial charge in [0.15, 0.2) is 0 Å². The molecule has 1 aliphatic rings. The smallest absolute Gasteiger partial charge is 0.274 e. The minimum atomic E-state index is -0.276. The lowest BCUT2D eigenvalue weighted by Crippen LogP contribution is -2.21. The van der Waals surface area contributed by atoms with Gasteiger partial charge >= 0.3 is 0 Å². The van der Waals surface area contributed by atoms with Gasteiger partial charge in [0.1, 0.15) is 11.2 Å². The largest absolute Gasteiger partial charge is 0.476 e. The van der Waals surface area contributed by atoms with Crippen LogP contribution in [0.25, 0.3) is 10.9 Å². The zero-order chi connectivity index (χ0) is 18.5. The summed E-state index contributed by atoms with van der Waals surface area (Å²) in [6.45, 7) is 2.18. The molecule has 1 fully saturated rings. The van der Waals surface area contributed by atoms with Gasteiger partial charge in [-0.3, -0.25) is 9.78 Å². The molecule has 1 saturated heterocycles. The molecular formula is C20H20N4O3. The Hall–Kier alpha value is -3.06. The molecule has 1 aliphatic heterocycles. The van der Waals surface area contributed by atoms with E-state index in [1.54, 1.807) is 36.8 Å². The Morgan fingerprint density at radius 2 is 2.04 bits per heavy atom. The molecule has 138 valence electrons. The molecule has 7 heteroatoms. The number of hydrogen-bond acceptors (Lipinski definition) is 6. The van der Waals surface area contributed by atoms with E-state index in [0.29, 0.717) is 35.3 Å². The fourth-order valence-electron chi connectivity index (χ4n) is 3.01. The fourth-order valence-corrected chi connectivity index (χ4v) is 3.01. The number of anilines is 1. The van der Waals surface area contributed by atoms with Gasteiger partial charge in [0.25, 0.3) is 5.91 Å². The van der Waals surface area contributed by atoms with Crippen molar-refractivity contribution in [3.8, 4) is 5.88 Å². The monoisotopic (exact) mass is 364 g/mol. The minimum Gasteiger partial charge on any atom is -0.476 e. The van der Waals surface area contributed by atoms with Crippen LogP contribution in [0.4, 0.5) is 5.69 Å². The maximum Gasteiger partial charge on any atom is 0.274 e. The molecule has 4 rings (SSSR count). The number of pyridine rings is 3. The maximum atomic E-state index is 12.2. The Kier molecular flexibility index (Phi) is 5.20. The van der Waals surface area contributed by atoms with E-state index in [0.717, 1.165) is 31.4 Å². The molecular weight excluding hydrogens is 344 g/mol. The number of carbonyl (C=O) groups excluding carboxylic acids is 1. The van der Waals surface area contributed by atoms with Crippen molar-refractivity contribution in [1.82, 2.24) is 15.0 Å². The quantitative estimate of drug-likeness (QED) is 0.749. The van der Waals surface area contributed by atoms with Crippen LogP contribution in [0.3, 0.4) is 0 Å². The van der Waals surface area contributed by atoms with E-state index in [4.69, 9.17) is 9.47 Å². The number of fused-ring (bicyclic) bond motifs is 1. The molecule has 27 heavy (non-hydrogen) atoms. The van der Waals surface area contributed by atoms with Crippen LogP contribution in [0.5, 0.6) is 5.88 Å². The second kappa shape index (κ2) is 8.09. The zero-order valence-corrected chi connectivity index (χ0v) is 14.8. The SMILES string of the molecule is O=C(Nc1cnc2c(OCC3CCOCC3)nccc2c1)c1ccccn1. The van der Waals surface area contributed by atoms with Crippen molar-refractivity contribution in [3.05, 3.63) is 54.6 Å². The van der Waals surface area contributed by atoms with Crippen molar-refractivity contribution in [3.63, 3.8) is 0 Å². The van der Waals surface area contributed by atoms with E-state index in [1.165, 1.54) is 0 Å². The van der Waals surface area contributed by atoms with Crippen molar-refractivity contribution >= 4 is 22.5 Å². The van der Waals surface area contributed by atoms with Gasteiger partial charge in [-0.05, 0) is 43.0 Å². The van der Waals surface area contributed by atoms with Crippen molar-refractivity contribution in [2.75, 3.05) is 25.1 Å².